The standard InChI is InChI=1S/C15H20N2O2/c18-15(14-11-19-14)16-10-12-6-2-3-7-13(12)17-8-4-1-5-9-17/h2-3,6-7,14H,1,4-5,8-11H2,(H,16,18). The summed E-state index contributed by atoms with van der Waals surface area (Å²) in [5.41, 5.74) is 2.46. The van der Waals surface area contributed by atoms with Gasteiger partial charge in [-0.3, -0.25) is 4.79 Å². The van der Waals surface area contributed by atoms with Crippen LogP contribution in [0.5, 0.6) is 0 Å². The monoisotopic (exact) mass is 260 g/mol. The molecule has 2 aliphatic heterocycles. The lowest BCUT2D eigenvalue weighted by Gasteiger charge is -2.30. The molecule has 4 heteroatoms. The molecule has 2 aliphatic rings. The molecule has 1 N–H and O–H groups in total. The van der Waals surface area contributed by atoms with Gasteiger partial charge < -0.3 is 15.0 Å². The number of rotatable bonds is 4. The van der Waals surface area contributed by atoms with Gasteiger partial charge in [0.25, 0.3) is 5.91 Å². The molecule has 0 saturated carbocycles. The van der Waals surface area contributed by atoms with Gasteiger partial charge in [-0.15, -0.1) is 0 Å². The lowest BCUT2D eigenvalue weighted by Crippen LogP contribution is -2.32. The summed E-state index contributed by atoms with van der Waals surface area (Å²) in [7, 11) is 0. The highest BCUT2D eigenvalue weighted by Gasteiger charge is 2.31. The van der Waals surface area contributed by atoms with Crippen LogP contribution in [0.25, 0.3) is 0 Å². The molecular formula is C15H20N2O2. The van der Waals surface area contributed by atoms with E-state index in [1.54, 1.807) is 0 Å². The fourth-order valence-electron chi connectivity index (χ4n) is 2.60. The highest BCUT2D eigenvalue weighted by Crippen LogP contribution is 2.24. The van der Waals surface area contributed by atoms with Crippen molar-refractivity contribution < 1.29 is 9.53 Å². The van der Waals surface area contributed by atoms with Crippen LogP contribution in [0.4, 0.5) is 5.69 Å². The van der Waals surface area contributed by atoms with Crippen molar-refractivity contribution in [2.24, 2.45) is 0 Å². The first kappa shape index (κ1) is 12.5. The van der Waals surface area contributed by atoms with Crippen molar-refractivity contribution in [1.29, 1.82) is 0 Å². The Kier molecular flexibility index (Phi) is 3.69. The summed E-state index contributed by atoms with van der Waals surface area (Å²) in [6.07, 6.45) is 3.64. The third-order valence-electron chi connectivity index (χ3n) is 3.77. The zero-order chi connectivity index (χ0) is 13.1. The molecule has 102 valence electrons. The van der Waals surface area contributed by atoms with Crippen molar-refractivity contribution in [3.8, 4) is 0 Å². The van der Waals surface area contributed by atoms with E-state index in [0.29, 0.717) is 13.2 Å². The van der Waals surface area contributed by atoms with Crippen molar-refractivity contribution in [2.75, 3.05) is 24.6 Å². The van der Waals surface area contributed by atoms with E-state index < -0.39 is 0 Å². The van der Waals surface area contributed by atoms with Gasteiger partial charge in [0.2, 0.25) is 0 Å². The second-order valence-electron chi connectivity index (χ2n) is 5.22. The molecule has 0 spiro atoms. The second kappa shape index (κ2) is 5.61. The number of epoxide rings is 1. The average molecular weight is 260 g/mol. The predicted molar refractivity (Wildman–Crippen MR) is 74.1 cm³/mol. The Morgan fingerprint density at radius 3 is 2.74 bits per heavy atom. The van der Waals surface area contributed by atoms with Crippen molar-refractivity contribution in [3.63, 3.8) is 0 Å². The van der Waals surface area contributed by atoms with Crippen LogP contribution in [0.1, 0.15) is 24.8 Å². The highest BCUT2D eigenvalue weighted by molar-refractivity contribution is 5.82. The summed E-state index contributed by atoms with van der Waals surface area (Å²) in [6, 6.07) is 8.35. The van der Waals surface area contributed by atoms with Crippen molar-refractivity contribution in [2.45, 2.75) is 31.9 Å². The number of para-hydroxylation sites is 1. The average Bonchev–Trinajstić information content (AvgIpc) is 3.31. The molecule has 0 bridgehead atoms. The molecule has 1 unspecified atom stereocenters. The fourth-order valence-corrected chi connectivity index (χ4v) is 2.60. The Morgan fingerprint density at radius 2 is 2.00 bits per heavy atom. The Balaban J connectivity index is 1.67. The smallest absolute Gasteiger partial charge is 0.251 e. The van der Waals surface area contributed by atoms with E-state index >= 15 is 0 Å². The summed E-state index contributed by atoms with van der Waals surface area (Å²) in [5, 5.41) is 2.95. The Morgan fingerprint density at radius 1 is 1.26 bits per heavy atom. The summed E-state index contributed by atoms with van der Waals surface area (Å²) in [6.45, 7) is 3.40. The van der Waals surface area contributed by atoms with Gasteiger partial charge >= 0.3 is 0 Å². The summed E-state index contributed by atoms with van der Waals surface area (Å²) in [5.74, 6) is 0.00782. The molecule has 2 fully saturated rings. The minimum Gasteiger partial charge on any atom is -0.371 e. The number of carbonyl (C=O) groups is 1. The molecule has 0 radical (unpaired) electrons. The lowest BCUT2D eigenvalue weighted by atomic mass is 10.1. The third-order valence-corrected chi connectivity index (χ3v) is 3.77. The third kappa shape index (κ3) is 3.07. The van der Waals surface area contributed by atoms with Crippen molar-refractivity contribution in [3.05, 3.63) is 29.8 Å². The van der Waals surface area contributed by atoms with E-state index in [4.69, 9.17) is 4.74 Å². The molecule has 4 nitrogen and oxygen atoms in total. The molecule has 2 saturated heterocycles. The zero-order valence-corrected chi connectivity index (χ0v) is 11.1. The first-order valence-corrected chi connectivity index (χ1v) is 7.07. The SMILES string of the molecule is O=C(NCc1ccccc1N1CCCCC1)C1CO1. The topological polar surface area (TPSA) is 44.9 Å². The van der Waals surface area contributed by atoms with E-state index in [0.717, 1.165) is 13.1 Å². The Labute approximate surface area is 113 Å². The minimum atomic E-state index is -0.206. The second-order valence-corrected chi connectivity index (χ2v) is 5.22. The largest absolute Gasteiger partial charge is 0.371 e. The number of hydrogen-bond acceptors (Lipinski definition) is 3. The van der Waals surface area contributed by atoms with E-state index in [9.17, 15) is 4.79 Å². The van der Waals surface area contributed by atoms with Gasteiger partial charge in [0.1, 0.15) is 0 Å². The molecular weight excluding hydrogens is 240 g/mol. The normalized spacial score (nSPS) is 22.1. The van der Waals surface area contributed by atoms with E-state index in [1.165, 1.54) is 30.5 Å². The van der Waals surface area contributed by atoms with Gasteiger partial charge in [-0.1, -0.05) is 18.2 Å². The van der Waals surface area contributed by atoms with Crippen LogP contribution in [0.3, 0.4) is 0 Å². The number of amides is 1. The molecule has 1 amide bonds. The highest BCUT2D eigenvalue weighted by atomic mass is 16.6. The van der Waals surface area contributed by atoms with Gasteiger partial charge in [0.05, 0.1) is 6.61 Å². The van der Waals surface area contributed by atoms with Crippen molar-refractivity contribution >= 4 is 11.6 Å². The first-order chi connectivity index (χ1) is 9.34. The van der Waals surface area contributed by atoms with Crippen LogP contribution in [0.15, 0.2) is 24.3 Å². The number of benzene rings is 1. The number of nitrogens with one attached hydrogen (secondary N) is 1. The molecule has 1 aromatic rings. The summed E-state index contributed by atoms with van der Waals surface area (Å²) < 4.78 is 4.98. The molecule has 1 aromatic carbocycles. The number of ether oxygens (including phenoxy) is 1. The predicted octanol–water partition coefficient (Wildman–Crippen LogP) is 1.69. The molecule has 3 rings (SSSR count). The van der Waals surface area contributed by atoms with Crippen molar-refractivity contribution in [1.82, 2.24) is 5.32 Å². The lowest BCUT2D eigenvalue weighted by molar-refractivity contribution is -0.122. The van der Waals surface area contributed by atoms with Crippen LogP contribution >= 0.6 is 0 Å². The van der Waals surface area contributed by atoms with Crippen LogP contribution < -0.4 is 10.2 Å². The fraction of sp³-hybridized carbons (Fsp3) is 0.533. The van der Waals surface area contributed by atoms with E-state index in [-0.39, 0.29) is 12.0 Å². The number of anilines is 1. The van der Waals surface area contributed by atoms with Crippen LogP contribution in [0.2, 0.25) is 0 Å². The molecule has 0 aliphatic carbocycles. The number of nitrogens with zero attached hydrogens (tertiary/aromatic N) is 1. The van der Waals surface area contributed by atoms with E-state index in [1.807, 2.05) is 6.07 Å². The van der Waals surface area contributed by atoms with Crippen LogP contribution in [-0.2, 0) is 16.1 Å². The van der Waals surface area contributed by atoms with Crippen LogP contribution in [-0.4, -0.2) is 31.7 Å². The van der Waals surface area contributed by atoms with Gasteiger partial charge in [-0.2, -0.15) is 0 Å². The summed E-state index contributed by atoms with van der Waals surface area (Å²) in [4.78, 5) is 14.0. The maximum absolute atomic E-state index is 11.6. The first-order valence-electron chi connectivity index (χ1n) is 7.07. The molecule has 1 atom stereocenters. The summed E-state index contributed by atoms with van der Waals surface area (Å²) >= 11 is 0. The van der Waals surface area contributed by atoms with Gasteiger partial charge in [-0.25, -0.2) is 0 Å². The van der Waals surface area contributed by atoms with E-state index in [2.05, 4.69) is 28.4 Å². The maximum Gasteiger partial charge on any atom is 0.251 e. The molecule has 19 heavy (non-hydrogen) atoms. The maximum atomic E-state index is 11.6. The number of hydrogen-bond donors (Lipinski definition) is 1. The van der Waals surface area contributed by atoms with Gasteiger partial charge in [0, 0.05) is 25.3 Å². The van der Waals surface area contributed by atoms with Crippen LogP contribution in [0, 0.1) is 0 Å². The van der Waals surface area contributed by atoms with Gasteiger partial charge in [0.15, 0.2) is 6.10 Å². The number of carbonyl (C=O) groups excluding carboxylic acids is 1. The minimum absolute atomic E-state index is 0.00782. The number of piperidine rings is 1. The Hall–Kier alpha value is -1.55. The quantitative estimate of drug-likeness (QED) is 0.838. The van der Waals surface area contributed by atoms with Gasteiger partial charge in [-0.05, 0) is 30.9 Å². The Bertz CT molecular complexity index is 451. The molecule has 2 heterocycles. The molecule has 0 aromatic heterocycles. The zero-order valence-electron chi connectivity index (χ0n) is 11.1.